The van der Waals surface area contributed by atoms with E-state index < -0.39 is 5.82 Å². The number of nitrogens with one attached hydrogen (secondary N) is 2. The number of urea groups is 1. The summed E-state index contributed by atoms with van der Waals surface area (Å²) in [4.78, 5) is 12.1. The van der Waals surface area contributed by atoms with Crippen molar-refractivity contribution in [1.29, 1.82) is 0 Å². The number of amides is 2. The number of benzene rings is 2. The topological polar surface area (TPSA) is 70.6 Å². The van der Waals surface area contributed by atoms with Crippen molar-refractivity contribution in [2.45, 2.75) is 25.9 Å². The monoisotopic (exact) mass is 346 g/mol. The van der Waals surface area contributed by atoms with Gasteiger partial charge in [-0.05, 0) is 36.6 Å². The number of halogens is 1. The molecule has 0 aliphatic rings. The molecule has 2 aromatic carbocycles. The van der Waals surface area contributed by atoms with Gasteiger partial charge in [-0.2, -0.15) is 0 Å². The summed E-state index contributed by atoms with van der Waals surface area (Å²) in [7, 11) is 0. The van der Waals surface area contributed by atoms with E-state index in [1.54, 1.807) is 19.1 Å². The molecule has 0 radical (unpaired) electrons. The van der Waals surface area contributed by atoms with Gasteiger partial charge in [0.25, 0.3) is 0 Å². The first-order chi connectivity index (χ1) is 12.1. The van der Waals surface area contributed by atoms with E-state index in [-0.39, 0.29) is 31.0 Å². The van der Waals surface area contributed by atoms with Gasteiger partial charge >= 0.3 is 6.03 Å². The van der Waals surface area contributed by atoms with Crippen LogP contribution >= 0.6 is 0 Å². The van der Waals surface area contributed by atoms with Crippen molar-refractivity contribution >= 4 is 6.03 Å². The third-order valence-corrected chi connectivity index (χ3v) is 3.67. The first kappa shape index (κ1) is 18.7. The first-order valence-electron chi connectivity index (χ1n) is 8.25. The second-order valence-electron chi connectivity index (χ2n) is 5.50. The SMILES string of the molecule is CCOc1ccc(CNC(=O)N[C@H](CCO)c2ccccc2)cc1F. The van der Waals surface area contributed by atoms with E-state index in [1.807, 2.05) is 30.3 Å². The maximum absolute atomic E-state index is 13.8. The Morgan fingerprint density at radius 2 is 2.00 bits per heavy atom. The quantitative estimate of drug-likeness (QED) is 0.688. The van der Waals surface area contributed by atoms with E-state index in [9.17, 15) is 14.3 Å². The van der Waals surface area contributed by atoms with Crippen LogP contribution in [0.3, 0.4) is 0 Å². The Kier molecular flexibility index (Phi) is 7.22. The van der Waals surface area contributed by atoms with Crippen molar-refractivity contribution in [2.75, 3.05) is 13.2 Å². The fourth-order valence-electron chi connectivity index (χ4n) is 2.46. The number of carbonyl (C=O) groups excluding carboxylic acids is 1. The van der Waals surface area contributed by atoms with Crippen molar-refractivity contribution in [3.05, 3.63) is 65.5 Å². The molecule has 0 spiro atoms. The minimum absolute atomic E-state index is 0.0378. The molecule has 2 amide bonds. The lowest BCUT2D eigenvalue weighted by atomic mass is 10.0. The molecule has 0 heterocycles. The van der Waals surface area contributed by atoms with Crippen LogP contribution in [0.1, 0.15) is 30.5 Å². The fourth-order valence-corrected chi connectivity index (χ4v) is 2.46. The highest BCUT2D eigenvalue weighted by Crippen LogP contribution is 2.18. The highest BCUT2D eigenvalue weighted by molar-refractivity contribution is 5.74. The Balaban J connectivity index is 1.91. The zero-order valence-corrected chi connectivity index (χ0v) is 14.2. The Morgan fingerprint density at radius 3 is 2.64 bits per heavy atom. The van der Waals surface area contributed by atoms with Crippen LogP contribution in [0.2, 0.25) is 0 Å². The van der Waals surface area contributed by atoms with E-state index in [0.717, 1.165) is 5.56 Å². The summed E-state index contributed by atoms with van der Waals surface area (Å²) in [6.07, 6.45) is 0.412. The molecule has 6 heteroatoms. The van der Waals surface area contributed by atoms with Crippen LogP contribution in [0, 0.1) is 5.82 Å². The maximum Gasteiger partial charge on any atom is 0.315 e. The van der Waals surface area contributed by atoms with Gasteiger partial charge in [0.15, 0.2) is 11.6 Å². The van der Waals surface area contributed by atoms with Crippen molar-refractivity contribution in [2.24, 2.45) is 0 Å². The lowest BCUT2D eigenvalue weighted by Gasteiger charge is -2.19. The van der Waals surface area contributed by atoms with Crippen LogP contribution in [0.25, 0.3) is 0 Å². The third-order valence-electron chi connectivity index (χ3n) is 3.67. The molecule has 0 saturated heterocycles. The molecule has 0 bridgehead atoms. The van der Waals surface area contributed by atoms with Crippen LogP contribution < -0.4 is 15.4 Å². The number of ether oxygens (including phenoxy) is 1. The van der Waals surface area contributed by atoms with Gasteiger partial charge in [0.2, 0.25) is 0 Å². The summed E-state index contributed by atoms with van der Waals surface area (Å²) < 4.78 is 19.0. The zero-order chi connectivity index (χ0) is 18.1. The van der Waals surface area contributed by atoms with E-state index in [0.29, 0.717) is 18.6 Å². The standard InChI is InChI=1S/C19H23FN2O3/c1-2-25-18-9-8-14(12-16(18)20)13-21-19(24)22-17(10-11-23)15-6-4-3-5-7-15/h3-9,12,17,23H,2,10-11,13H2,1H3,(H2,21,22,24)/t17-/m1/s1. The average Bonchev–Trinajstić information content (AvgIpc) is 2.62. The van der Waals surface area contributed by atoms with Crippen molar-refractivity contribution in [3.63, 3.8) is 0 Å². The molecule has 0 aliphatic heterocycles. The molecule has 1 atom stereocenters. The van der Waals surface area contributed by atoms with Crippen LogP contribution in [-0.2, 0) is 6.54 Å². The number of aliphatic hydroxyl groups is 1. The second kappa shape index (κ2) is 9.64. The van der Waals surface area contributed by atoms with Gasteiger partial charge in [0, 0.05) is 13.2 Å². The summed E-state index contributed by atoms with van der Waals surface area (Å²) in [5.74, 6) is -0.258. The molecular weight excluding hydrogens is 323 g/mol. The molecule has 0 fully saturated rings. The van der Waals surface area contributed by atoms with Gasteiger partial charge in [-0.3, -0.25) is 0 Å². The molecule has 2 aromatic rings. The molecule has 0 aromatic heterocycles. The first-order valence-corrected chi connectivity index (χ1v) is 8.25. The van der Waals surface area contributed by atoms with Crippen LogP contribution in [0.5, 0.6) is 5.75 Å². The summed E-state index contributed by atoms with van der Waals surface area (Å²) in [6, 6.07) is 13.4. The van der Waals surface area contributed by atoms with Gasteiger partial charge in [-0.25, -0.2) is 9.18 Å². The zero-order valence-electron chi connectivity index (χ0n) is 14.2. The molecule has 134 valence electrons. The lowest BCUT2D eigenvalue weighted by Crippen LogP contribution is -2.38. The second-order valence-corrected chi connectivity index (χ2v) is 5.50. The van der Waals surface area contributed by atoms with E-state index in [2.05, 4.69) is 10.6 Å². The van der Waals surface area contributed by atoms with E-state index in [1.165, 1.54) is 6.07 Å². The third kappa shape index (κ3) is 5.76. The normalized spacial score (nSPS) is 11.6. The maximum atomic E-state index is 13.8. The smallest absolute Gasteiger partial charge is 0.315 e. The van der Waals surface area contributed by atoms with Gasteiger partial charge < -0.3 is 20.5 Å². The summed E-state index contributed by atoms with van der Waals surface area (Å²) >= 11 is 0. The van der Waals surface area contributed by atoms with E-state index >= 15 is 0 Å². The Morgan fingerprint density at radius 1 is 1.24 bits per heavy atom. The van der Waals surface area contributed by atoms with Crippen LogP contribution in [-0.4, -0.2) is 24.4 Å². The van der Waals surface area contributed by atoms with Crippen molar-refractivity contribution < 1.29 is 19.0 Å². The molecule has 0 saturated carbocycles. The summed E-state index contributed by atoms with van der Waals surface area (Å²) in [6.45, 7) is 2.33. The van der Waals surface area contributed by atoms with E-state index in [4.69, 9.17) is 4.74 Å². The average molecular weight is 346 g/mol. The Bertz CT molecular complexity index is 680. The van der Waals surface area contributed by atoms with Crippen molar-refractivity contribution in [1.82, 2.24) is 10.6 Å². The molecule has 5 nitrogen and oxygen atoms in total. The highest BCUT2D eigenvalue weighted by Gasteiger charge is 2.14. The molecule has 2 rings (SSSR count). The van der Waals surface area contributed by atoms with Crippen molar-refractivity contribution in [3.8, 4) is 5.75 Å². The summed E-state index contributed by atoms with van der Waals surface area (Å²) in [5.41, 5.74) is 1.55. The van der Waals surface area contributed by atoms with Crippen LogP contribution in [0.15, 0.2) is 48.5 Å². The molecular formula is C19H23FN2O3. The lowest BCUT2D eigenvalue weighted by molar-refractivity contribution is 0.229. The molecule has 0 aliphatic carbocycles. The number of hydrogen-bond donors (Lipinski definition) is 3. The van der Waals surface area contributed by atoms with Gasteiger partial charge in [-0.1, -0.05) is 36.4 Å². The molecule has 25 heavy (non-hydrogen) atoms. The summed E-state index contributed by atoms with van der Waals surface area (Å²) in [5, 5.41) is 14.7. The fraction of sp³-hybridized carbons (Fsp3) is 0.316. The number of aliphatic hydroxyl groups excluding tert-OH is 1. The van der Waals surface area contributed by atoms with Gasteiger partial charge in [0.1, 0.15) is 0 Å². The minimum atomic E-state index is -0.455. The highest BCUT2D eigenvalue weighted by atomic mass is 19.1. The van der Waals surface area contributed by atoms with Gasteiger partial charge in [-0.15, -0.1) is 0 Å². The Labute approximate surface area is 146 Å². The molecule has 0 unspecified atom stereocenters. The minimum Gasteiger partial charge on any atom is -0.491 e. The predicted molar refractivity (Wildman–Crippen MR) is 93.8 cm³/mol. The number of rotatable bonds is 8. The molecule has 3 N–H and O–H groups in total. The van der Waals surface area contributed by atoms with Crippen LogP contribution in [0.4, 0.5) is 9.18 Å². The Hall–Kier alpha value is -2.60. The number of carbonyl (C=O) groups is 1. The number of hydrogen-bond acceptors (Lipinski definition) is 3. The van der Waals surface area contributed by atoms with Gasteiger partial charge in [0.05, 0.1) is 12.6 Å². The predicted octanol–water partition coefficient (Wildman–Crippen LogP) is 3.15. The largest absolute Gasteiger partial charge is 0.491 e.